The molecule has 9 nitrogen and oxygen atoms in total. The molecule has 5 rings (SSSR count). The van der Waals surface area contributed by atoms with E-state index in [0.29, 0.717) is 28.6 Å². The van der Waals surface area contributed by atoms with Gasteiger partial charge in [-0.3, -0.25) is 14.9 Å². The standard InChI is InChI=1S/C36H42F2N8OS3.C2H6/c1-23(2)36-43-33(27-10-7-11-32(42-27)44-50-34-25(37)8-6-9-26(34)38)35(49-36)28(39-4)12-13-40-22-41-29-20-24(3)30(21-31(29)47)46-16-14-45(15-17-46)18-19-48-5;1-2/h6-13,20-21,23,41,47H,4,14-19,22H2,1-3,5H3,(H,42,44);1-2H3/b28-12-,40-13-;. The average Bonchev–Trinajstić information content (AvgIpc) is 3.60. The Morgan fingerprint density at radius 3 is 2.46 bits per heavy atom. The highest BCUT2D eigenvalue weighted by Crippen LogP contribution is 2.37. The van der Waals surface area contributed by atoms with E-state index < -0.39 is 11.6 Å². The third-order valence-corrected chi connectivity index (χ3v) is 10.9. The number of anilines is 3. The van der Waals surface area contributed by atoms with Crippen LogP contribution in [0.15, 0.2) is 69.5 Å². The van der Waals surface area contributed by atoms with Crippen molar-refractivity contribution < 1.29 is 13.9 Å². The van der Waals surface area contributed by atoms with E-state index in [0.717, 1.165) is 71.6 Å². The van der Waals surface area contributed by atoms with Gasteiger partial charge < -0.3 is 20.0 Å². The minimum Gasteiger partial charge on any atom is -0.506 e. The van der Waals surface area contributed by atoms with Crippen molar-refractivity contribution >= 4 is 70.9 Å². The van der Waals surface area contributed by atoms with Gasteiger partial charge in [-0.1, -0.05) is 39.8 Å². The van der Waals surface area contributed by atoms with Gasteiger partial charge in [0.05, 0.1) is 31.9 Å². The Hall–Kier alpha value is -3.98. The van der Waals surface area contributed by atoms with E-state index in [-0.39, 0.29) is 23.2 Å². The van der Waals surface area contributed by atoms with Gasteiger partial charge in [-0.15, -0.1) is 11.3 Å². The zero-order valence-corrected chi connectivity index (χ0v) is 33.1. The molecule has 4 aromatic rings. The molecule has 0 unspecified atom stereocenters. The van der Waals surface area contributed by atoms with Crippen LogP contribution in [0.2, 0.25) is 0 Å². The van der Waals surface area contributed by atoms with Gasteiger partial charge in [0.25, 0.3) is 0 Å². The molecule has 0 aliphatic carbocycles. The van der Waals surface area contributed by atoms with Gasteiger partial charge in [-0.25, -0.2) is 18.7 Å². The number of halogens is 2. The quantitative estimate of drug-likeness (QED) is 0.0621. The summed E-state index contributed by atoms with van der Waals surface area (Å²) in [7, 11) is 0. The summed E-state index contributed by atoms with van der Waals surface area (Å²) in [6.07, 6.45) is 5.55. The van der Waals surface area contributed by atoms with Crippen molar-refractivity contribution in [1.82, 2.24) is 14.9 Å². The lowest BCUT2D eigenvalue weighted by Gasteiger charge is -2.37. The molecule has 0 radical (unpaired) electrons. The molecule has 52 heavy (non-hydrogen) atoms. The molecular weight excluding hydrogens is 719 g/mol. The number of hydrogen-bond donors (Lipinski definition) is 3. The number of aryl methyl sites for hydroxylation is 1. The van der Waals surface area contributed by atoms with E-state index in [2.05, 4.69) is 68.6 Å². The molecule has 3 heterocycles. The Bertz CT molecular complexity index is 1820. The van der Waals surface area contributed by atoms with Gasteiger partial charge in [0.2, 0.25) is 0 Å². The van der Waals surface area contributed by atoms with E-state index >= 15 is 0 Å². The zero-order chi connectivity index (χ0) is 37.6. The number of thioether (sulfide) groups is 1. The highest BCUT2D eigenvalue weighted by Gasteiger charge is 2.21. The van der Waals surface area contributed by atoms with Crippen LogP contribution in [0.5, 0.6) is 5.75 Å². The van der Waals surface area contributed by atoms with E-state index in [1.807, 2.05) is 43.8 Å². The molecule has 278 valence electrons. The number of piperazine rings is 1. The minimum atomic E-state index is -0.655. The van der Waals surface area contributed by atoms with Crippen LogP contribution >= 0.6 is 35.0 Å². The fourth-order valence-electron chi connectivity index (χ4n) is 5.35. The number of aromatic hydroxyl groups is 1. The Morgan fingerprint density at radius 2 is 1.79 bits per heavy atom. The molecule has 0 bridgehead atoms. The minimum absolute atomic E-state index is 0.139. The predicted octanol–water partition coefficient (Wildman–Crippen LogP) is 9.43. The zero-order valence-electron chi connectivity index (χ0n) is 30.6. The first-order valence-corrected chi connectivity index (χ1v) is 20.3. The lowest BCUT2D eigenvalue weighted by atomic mass is 10.1. The normalized spacial score (nSPS) is 13.7. The molecule has 1 aliphatic heterocycles. The summed E-state index contributed by atoms with van der Waals surface area (Å²) < 4.78 is 31.3. The van der Waals surface area contributed by atoms with E-state index in [1.165, 1.54) is 29.5 Å². The number of hydrogen-bond acceptors (Lipinski definition) is 12. The van der Waals surface area contributed by atoms with Crippen molar-refractivity contribution in [1.29, 1.82) is 0 Å². The van der Waals surface area contributed by atoms with Gasteiger partial charge in [-0.2, -0.15) is 11.8 Å². The number of pyridine rings is 1. The first kappa shape index (κ1) is 40.8. The second kappa shape index (κ2) is 20.3. The number of benzene rings is 2. The summed E-state index contributed by atoms with van der Waals surface area (Å²) in [5.74, 6) is 0.598. The molecule has 1 fully saturated rings. The second-order valence-corrected chi connectivity index (χ2v) is 14.7. The maximum Gasteiger partial charge on any atom is 0.141 e. The van der Waals surface area contributed by atoms with Crippen LogP contribution in [-0.4, -0.2) is 84.3 Å². The smallest absolute Gasteiger partial charge is 0.141 e. The highest BCUT2D eigenvalue weighted by atomic mass is 32.2. The number of aromatic nitrogens is 2. The number of nitrogens with one attached hydrogen (secondary N) is 2. The molecule has 3 N–H and O–H groups in total. The Morgan fingerprint density at radius 1 is 1.08 bits per heavy atom. The number of phenolic OH excluding ortho intramolecular Hbond substituents is 1. The lowest BCUT2D eigenvalue weighted by molar-refractivity contribution is 0.273. The number of aliphatic imine (C=N–C) groups is 2. The van der Waals surface area contributed by atoms with Crippen LogP contribution < -0.4 is 14.9 Å². The van der Waals surface area contributed by atoms with Crippen molar-refractivity contribution in [2.75, 3.05) is 66.3 Å². The van der Waals surface area contributed by atoms with Crippen LogP contribution in [0.3, 0.4) is 0 Å². The molecule has 0 amide bonds. The Labute approximate surface area is 318 Å². The maximum absolute atomic E-state index is 14.2. The molecule has 0 spiro atoms. The molecule has 1 saturated heterocycles. The summed E-state index contributed by atoms with van der Waals surface area (Å²) in [4.78, 5) is 23.8. The molecule has 0 atom stereocenters. The summed E-state index contributed by atoms with van der Waals surface area (Å²) in [5.41, 5.74) is 4.54. The third-order valence-electron chi connectivity index (χ3n) is 8.05. The summed E-state index contributed by atoms with van der Waals surface area (Å²) in [6, 6.07) is 12.9. The SMILES string of the molecule is C=N/C(=C\C=N/CNc1cc(C)c(N2CCN(CCSC)CC2)cc1O)c1sc(C(C)C)nc1-c1cccc(NSc2c(F)cccc2F)n1.CC. The Kier molecular flexibility index (Phi) is 15.9. The number of phenols is 1. The fraction of sp³-hybridized carbons (Fsp3) is 0.368. The van der Waals surface area contributed by atoms with Crippen LogP contribution in [0.4, 0.5) is 26.0 Å². The summed E-state index contributed by atoms with van der Waals surface area (Å²) in [5, 5.41) is 14.9. The van der Waals surface area contributed by atoms with Crippen LogP contribution in [0.25, 0.3) is 17.1 Å². The monoisotopic (exact) mass is 766 g/mol. The number of thiazole rings is 1. The Balaban J connectivity index is 0.00000297. The van der Waals surface area contributed by atoms with Crippen LogP contribution in [0.1, 0.15) is 49.1 Å². The molecule has 0 saturated carbocycles. The van der Waals surface area contributed by atoms with Crippen molar-refractivity contribution in [3.63, 3.8) is 0 Å². The number of nitrogens with zero attached hydrogens (tertiary/aromatic N) is 6. The first-order chi connectivity index (χ1) is 25.2. The van der Waals surface area contributed by atoms with Crippen LogP contribution in [0, 0.1) is 18.6 Å². The second-order valence-electron chi connectivity index (χ2n) is 11.9. The third kappa shape index (κ3) is 10.8. The lowest BCUT2D eigenvalue weighted by Crippen LogP contribution is -2.47. The summed E-state index contributed by atoms with van der Waals surface area (Å²) >= 11 is 4.19. The van der Waals surface area contributed by atoms with E-state index in [1.54, 1.807) is 24.4 Å². The van der Waals surface area contributed by atoms with E-state index in [9.17, 15) is 13.9 Å². The van der Waals surface area contributed by atoms with Gasteiger partial charge in [0.15, 0.2) is 0 Å². The van der Waals surface area contributed by atoms with Crippen molar-refractivity contribution in [3.05, 3.63) is 81.7 Å². The van der Waals surface area contributed by atoms with Crippen molar-refractivity contribution in [2.45, 2.75) is 45.4 Å². The van der Waals surface area contributed by atoms with Gasteiger partial charge in [0, 0.05) is 62.4 Å². The molecule has 2 aromatic carbocycles. The first-order valence-electron chi connectivity index (χ1n) is 17.2. The topological polar surface area (TPSA) is 101 Å². The van der Waals surface area contributed by atoms with Gasteiger partial charge in [0.1, 0.15) is 35.6 Å². The van der Waals surface area contributed by atoms with Crippen molar-refractivity contribution in [3.8, 4) is 17.1 Å². The average molecular weight is 767 g/mol. The molecule has 2 aromatic heterocycles. The number of rotatable bonds is 15. The van der Waals surface area contributed by atoms with Crippen molar-refractivity contribution in [2.24, 2.45) is 9.98 Å². The fourth-order valence-corrected chi connectivity index (χ4v) is 7.50. The molecule has 14 heteroatoms. The van der Waals surface area contributed by atoms with Gasteiger partial charge >= 0.3 is 0 Å². The predicted molar refractivity (Wildman–Crippen MR) is 221 cm³/mol. The maximum atomic E-state index is 14.2. The highest BCUT2D eigenvalue weighted by molar-refractivity contribution is 8.00. The molecular formula is C38H48F2N8OS3. The molecule has 1 aliphatic rings. The number of allylic oxidation sites excluding steroid dienone is 1. The van der Waals surface area contributed by atoms with Gasteiger partial charge in [-0.05, 0) is 73.8 Å². The van der Waals surface area contributed by atoms with E-state index in [4.69, 9.17) is 4.98 Å². The van der Waals surface area contributed by atoms with Crippen LogP contribution in [-0.2, 0) is 0 Å². The summed E-state index contributed by atoms with van der Waals surface area (Å²) in [6.45, 7) is 19.2. The largest absolute Gasteiger partial charge is 0.506 e.